The van der Waals surface area contributed by atoms with E-state index in [-0.39, 0.29) is 0 Å². The quantitative estimate of drug-likeness (QED) is 0.346. The van der Waals surface area contributed by atoms with Gasteiger partial charge in [-0.2, -0.15) is 0 Å². The topological polar surface area (TPSA) is 0 Å². The van der Waals surface area contributed by atoms with Crippen LogP contribution in [0.3, 0.4) is 0 Å². The molecule has 2 aliphatic carbocycles. The fraction of sp³-hybridized carbons (Fsp3) is 0.312. The van der Waals surface area contributed by atoms with Gasteiger partial charge in [-0.1, -0.05) is 123 Å². The minimum absolute atomic E-state index is 0.494. The van der Waals surface area contributed by atoms with Gasteiger partial charge < -0.3 is 0 Å². The second-order valence-corrected chi connectivity index (χ2v) is 13.1. The zero-order chi connectivity index (χ0) is 23.3. The first-order valence-corrected chi connectivity index (χ1v) is 14.1. The average molecular weight is 448 g/mol. The van der Waals surface area contributed by atoms with E-state index in [0.29, 0.717) is 22.9 Å². The van der Waals surface area contributed by atoms with Gasteiger partial charge in [-0.05, 0) is 59.1 Å². The van der Waals surface area contributed by atoms with Gasteiger partial charge >= 0.3 is 0 Å². The van der Waals surface area contributed by atoms with Crippen molar-refractivity contribution in [2.75, 3.05) is 0 Å². The molecule has 1 heteroatoms. The van der Waals surface area contributed by atoms with Crippen molar-refractivity contribution in [2.24, 2.45) is 0 Å². The van der Waals surface area contributed by atoms with Crippen molar-refractivity contribution in [2.45, 2.75) is 64.5 Å². The SMILES string of the molecule is CC1=Cc2c(C(C)C)cccc2C1[Si](c1ccccc1)C1C(C)=Cc2c(C(C)C)cccc21. The lowest BCUT2D eigenvalue weighted by atomic mass is 9.95. The molecule has 1 radical (unpaired) electrons. The molecule has 0 saturated carbocycles. The highest BCUT2D eigenvalue weighted by Crippen LogP contribution is 2.48. The third-order valence-corrected chi connectivity index (χ3v) is 11.4. The van der Waals surface area contributed by atoms with E-state index in [1.165, 1.54) is 33.4 Å². The fourth-order valence-corrected chi connectivity index (χ4v) is 10.0. The standard InChI is InChI=1S/C32H35Si/c1-20(2)25-14-10-16-27-29(25)18-22(5)31(27)33(24-12-8-7-9-13-24)32-23(6)19-30-26(21(3)4)15-11-17-28(30)32/h7-21,31-32H,1-6H3. The number of hydrogen-bond donors (Lipinski definition) is 0. The van der Waals surface area contributed by atoms with Crippen LogP contribution >= 0.6 is 0 Å². The van der Waals surface area contributed by atoms with Crippen molar-refractivity contribution in [3.05, 3.63) is 111 Å². The van der Waals surface area contributed by atoms with Crippen molar-refractivity contribution in [1.29, 1.82) is 0 Å². The summed E-state index contributed by atoms with van der Waals surface area (Å²) in [6.07, 6.45) is 5.00. The van der Waals surface area contributed by atoms with Crippen LogP contribution in [0.5, 0.6) is 0 Å². The van der Waals surface area contributed by atoms with Crippen molar-refractivity contribution in [3.8, 4) is 0 Å². The summed E-state index contributed by atoms with van der Waals surface area (Å²) in [5.41, 5.74) is 13.1. The van der Waals surface area contributed by atoms with E-state index in [9.17, 15) is 0 Å². The normalized spacial score (nSPS) is 19.2. The maximum absolute atomic E-state index is 2.50. The van der Waals surface area contributed by atoms with Crippen LogP contribution in [0.1, 0.15) is 97.8 Å². The average Bonchev–Trinajstić information content (AvgIpc) is 3.31. The van der Waals surface area contributed by atoms with Crippen molar-refractivity contribution in [3.63, 3.8) is 0 Å². The molecule has 3 aromatic rings. The van der Waals surface area contributed by atoms with Gasteiger partial charge in [-0.25, -0.2) is 0 Å². The molecule has 0 N–H and O–H groups in total. The molecule has 3 aromatic carbocycles. The molecule has 33 heavy (non-hydrogen) atoms. The van der Waals surface area contributed by atoms with Crippen LogP contribution in [0, 0.1) is 0 Å². The lowest BCUT2D eigenvalue weighted by Crippen LogP contribution is -2.43. The van der Waals surface area contributed by atoms with E-state index < -0.39 is 8.80 Å². The summed E-state index contributed by atoms with van der Waals surface area (Å²) in [7, 11) is -1.02. The van der Waals surface area contributed by atoms with Gasteiger partial charge in [0.2, 0.25) is 0 Å². The molecule has 0 fully saturated rings. The molecule has 0 saturated heterocycles. The molecule has 0 bridgehead atoms. The molecule has 0 heterocycles. The van der Waals surface area contributed by atoms with Gasteiger partial charge in [0.25, 0.3) is 0 Å². The van der Waals surface area contributed by atoms with Crippen molar-refractivity contribution in [1.82, 2.24) is 0 Å². The predicted octanol–water partition coefficient (Wildman–Crippen LogP) is 8.12. The number of rotatable bonds is 5. The zero-order valence-corrected chi connectivity index (χ0v) is 21.8. The number of hydrogen-bond acceptors (Lipinski definition) is 0. The van der Waals surface area contributed by atoms with Crippen LogP contribution < -0.4 is 5.19 Å². The minimum atomic E-state index is -1.02. The Balaban J connectivity index is 1.71. The Morgan fingerprint density at radius 1 is 0.576 bits per heavy atom. The third kappa shape index (κ3) is 3.67. The summed E-state index contributed by atoms with van der Waals surface area (Å²) in [4.78, 5) is 0. The molecule has 0 aliphatic heterocycles. The van der Waals surface area contributed by atoms with E-state index >= 15 is 0 Å². The Labute approximate surface area is 201 Å². The summed E-state index contributed by atoms with van der Waals surface area (Å²) < 4.78 is 0. The zero-order valence-electron chi connectivity index (χ0n) is 20.8. The molecule has 0 nitrogen and oxygen atoms in total. The van der Waals surface area contributed by atoms with Crippen molar-refractivity contribution < 1.29 is 0 Å². The van der Waals surface area contributed by atoms with E-state index in [1.807, 2.05) is 0 Å². The Bertz CT molecular complexity index is 1160. The monoisotopic (exact) mass is 447 g/mol. The smallest absolute Gasteiger partial charge is 0.0677 e. The van der Waals surface area contributed by atoms with Crippen LogP contribution in [0.15, 0.2) is 77.9 Å². The molecule has 2 atom stereocenters. The Kier molecular flexibility index (Phi) is 5.78. The van der Waals surface area contributed by atoms with Crippen LogP contribution in [0.4, 0.5) is 0 Å². The number of benzene rings is 3. The van der Waals surface area contributed by atoms with Crippen molar-refractivity contribution >= 4 is 26.1 Å². The molecule has 5 rings (SSSR count). The molecule has 2 unspecified atom stereocenters. The second-order valence-electron chi connectivity index (χ2n) is 10.5. The first kappa shape index (κ1) is 22.2. The van der Waals surface area contributed by atoms with E-state index in [0.717, 1.165) is 0 Å². The molecule has 0 aromatic heterocycles. The number of fused-ring (bicyclic) bond motifs is 2. The molecule has 167 valence electrons. The molecular weight excluding hydrogens is 412 g/mol. The Hall–Kier alpha value is -2.64. The fourth-order valence-electron chi connectivity index (χ4n) is 6.12. The van der Waals surface area contributed by atoms with Gasteiger partial charge in [0, 0.05) is 11.1 Å². The minimum Gasteiger partial charge on any atom is -0.0677 e. The van der Waals surface area contributed by atoms with Gasteiger partial charge in [-0.3, -0.25) is 0 Å². The van der Waals surface area contributed by atoms with E-state index in [4.69, 9.17) is 0 Å². The van der Waals surface area contributed by atoms with Gasteiger partial charge in [0.05, 0.1) is 0 Å². The maximum atomic E-state index is 2.50. The molecular formula is C32H35Si. The highest BCUT2D eigenvalue weighted by molar-refractivity contribution is 6.77. The summed E-state index contributed by atoms with van der Waals surface area (Å²) in [5.74, 6) is 1.08. The second kappa shape index (κ2) is 8.61. The van der Waals surface area contributed by atoms with Crippen LogP contribution in [0.25, 0.3) is 12.2 Å². The summed E-state index contributed by atoms with van der Waals surface area (Å²) in [6, 6.07) is 25.5. The summed E-state index contributed by atoms with van der Waals surface area (Å²) in [5, 5.41) is 1.55. The summed E-state index contributed by atoms with van der Waals surface area (Å²) >= 11 is 0. The lowest BCUT2D eigenvalue weighted by molar-refractivity contribution is 0.859. The van der Waals surface area contributed by atoms with Crippen LogP contribution in [-0.4, -0.2) is 8.80 Å². The Morgan fingerprint density at radius 3 is 1.45 bits per heavy atom. The summed E-state index contributed by atoms with van der Waals surface area (Å²) in [6.45, 7) is 14.0. The molecule has 0 spiro atoms. The van der Waals surface area contributed by atoms with Crippen LogP contribution in [-0.2, 0) is 0 Å². The first-order valence-electron chi connectivity index (χ1n) is 12.4. The highest BCUT2D eigenvalue weighted by Gasteiger charge is 2.42. The van der Waals surface area contributed by atoms with E-state index in [2.05, 4.69) is 120 Å². The highest BCUT2D eigenvalue weighted by atomic mass is 28.3. The third-order valence-electron chi connectivity index (χ3n) is 7.60. The molecule has 2 aliphatic rings. The largest absolute Gasteiger partial charge is 0.110 e. The predicted molar refractivity (Wildman–Crippen MR) is 146 cm³/mol. The van der Waals surface area contributed by atoms with Gasteiger partial charge in [0.1, 0.15) is 8.80 Å². The maximum Gasteiger partial charge on any atom is 0.110 e. The van der Waals surface area contributed by atoms with Crippen LogP contribution in [0.2, 0.25) is 0 Å². The van der Waals surface area contributed by atoms with Gasteiger partial charge in [-0.15, -0.1) is 0 Å². The van der Waals surface area contributed by atoms with Gasteiger partial charge in [0.15, 0.2) is 0 Å². The molecule has 0 amide bonds. The first-order chi connectivity index (χ1) is 15.9. The lowest BCUT2D eigenvalue weighted by Gasteiger charge is -2.32. The van der Waals surface area contributed by atoms with E-state index in [1.54, 1.807) is 16.3 Å². The Morgan fingerprint density at radius 2 is 1.03 bits per heavy atom. The number of allylic oxidation sites excluding steroid dienone is 2.